The maximum absolute atomic E-state index is 10.9. The van der Waals surface area contributed by atoms with Crippen LogP contribution in [0.4, 0.5) is 0 Å². The van der Waals surface area contributed by atoms with Crippen molar-refractivity contribution in [2.45, 2.75) is 24.8 Å². The van der Waals surface area contributed by atoms with Gasteiger partial charge in [-0.2, -0.15) is 5.26 Å². The molecule has 0 bridgehead atoms. The van der Waals surface area contributed by atoms with Crippen molar-refractivity contribution in [1.82, 2.24) is 0 Å². The minimum Gasteiger partial charge on any atom is -0.442 e. The van der Waals surface area contributed by atoms with Crippen molar-refractivity contribution in [3.05, 3.63) is 12.2 Å². The van der Waals surface area contributed by atoms with Crippen LogP contribution in [0.2, 0.25) is 0 Å². The summed E-state index contributed by atoms with van der Waals surface area (Å²) in [6.45, 7) is 3.40. The normalized spacial score (nSPS) is 15.2. The molecule has 0 saturated carbocycles. The molecule has 0 rings (SSSR count). The van der Waals surface area contributed by atoms with E-state index in [-0.39, 0.29) is 4.83 Å². The number of ether oxygens (including phenoxy) is 1. The molecule has 4 heteroatoms. The largest absolute Gasteiger partial charge is 0.442 e. The number of allylic oxidation sites excluding steroid dienone is 1. The summed E-state index contributed by atoms with van der Waals surface area (Å²) in [5.41, 5.74) is 0. The Bertz CT molecular complexity index is 218. The van der Waals surface area contributed by atoms with Crippen LogP contribution in [0.1, 0.15) is 13.8 Å². The molecule has 0 aromatic rings. The molecule has 0 heterocycles. The molecular formula is C8H10BrNO2. The zero-order valence-electron chi connectivity index (χ0n) is 6.95. The van der Waals surface area contributed by atoms with Crippen LogP contribution >= 0.6 is 15.9 Å². The fourth-order valence-corrected chi connectivity index (χ4v) is 0.610. The van der Waals surface area contributed by atoms with E-state index in [9.17, 15) is 4.79 Å². The Labute approximate surface area is 80.1 Å². The van der Waals surface area contributed by atoms with E-state index in [1.165, 1.54) is 6.08 Å². The summed E-state index contributed by atoms with van der Waals surface area (Å²) in [6, 6.07) is 1.84. The number of rotatable bonds is 3. The number of esters is 1. The summed E-state index contributed by atoms with van der Waals surface area (Å²) in [5, 5.41) is 8.49. The predicted octanol–water partition coefficient (Wildman–Crippen LogP) is 1.78. The zero-order valence-corrected chi connectivity index (χ0v) is 8.54. The number of hydrogen-bond acceptors (Lipinski definition) is 3. The Morgan fingerprint density at radius 3 is 2.67 bits per heavy atom. The highest BCUT2D eigenvalue weighted by molar-refractivity contribution is 9.10. The molecule has 0 aromatic carbocycles. The molecule has 2 atom stereocenters. The van der Waals surface area contributed by atoms with E-state index >= 15 is 0 Å². The lowest BCUT2D eigenvalue weighted by Crippen LogP contribution is -2.20. The van der Waals surface area contributed by atoms with Crippen LogP contribution in [-0.2, 0) is 9.53 Å². The van der Waals surface area contributed by atoms with Gasteiger partial charge in [0, 0.05) is 0 Å². The summed E-state index contributed by atoms with van der Waals surface area (Å²) in [5.74, 6) is -0.431. The molecule has 12 heavy (non-hydrogen) atoms. The molecule has 0 amide bonds. The molecule has 66 valence electrons. The van der Waals surface area contributed by atoms with Crippen molar-refractivity contribution >= 4 is 21.9 Å². The Hall–Kier alpha value is -0.820. The maximum atomic E-state index is 10.9. The molecule has 3 nitrogen and oxygen atoms in total. The van der Waals surface area contributed by atoms with Gasteiger partial charge in [0.05, 0.1) is 0 Å². The average molecular weight is 232 g/mol. The van der Waals surface area contributed by atoms with Crippen LogP contribution in [0.5, 0.6) is 0 Å². The van der Waals surface area contributed by atoms with E-state index in [1.54, 1.807) is 19.9 Å². The fraction of sp³-hybridized carbons (Fsp3) is 0.500. The Morgan fingerprint density at radius 2 is 2.33 bits per heavy atom. The number of halogens is 1. The van der Waals surface area contributed by atoms with Gasteiger partial charge in [-0.1, -0.05) is 22.0 Å². The minimum absolute atomic E-state index is 0.376. The standard InChI is InChI=1S/C8H10BrNO2/c1-3-4-7(5-10)12-8(11)6(2)9/h3-4,6-7H,1-2H3/b4-3+. The van der Waals surface area contributed by atoms with E-state index in [0.717, 1.165) is 0 Å². The zero-order chi connectivity index (χ0) is 9.56. The molecule has 0 aliphatic carbocycles. The Morgan fingerprint density at radius 1 is 1.75 bits per heavy atom. The Balaban J connectivity index is 4.05. The lowest BCUT2D eigenvalue weighted by atomic mass is 10.3. The average Bonchev–Trinajstić information content (AvgIpc) is 2.03. The molecule has 0 aliphatic rings. The summed E-state index contributed by atoms with van der Waals surface area (Å²) in [4.78, 5) is 10.6. The molecular weight excluding hydrogens is 222 g/mol. The van der Waals surface area contributed by atoms with Crippen molar-refractivity contribution in [3.63, 3.8) is 0 Å². The van der Waals surface area contributed by atoms with Crippen LogP contribution < -0.4 is 0 Å². The lowest BCUT2D eigenvalue weighted by molar-refractivity contribution is -0.143. The molecule has 0 aliphatic heterocycles. The second-order valence-electron chi connectivity index (χ2n) is 2.13. The third kappa shape index (κ3) is 4.14. The van der Waals surface area contributed by atoms with Crippen LogP contribution in [0.3, 0.4) is 0 Å². The van der Waals surface area contributed by atoms with E-state index in [1.807, 2.05) is 6.07 Å². The monoisotopic (exact) mass is 231 g/mol. The van der Waals surface area contributed by atoms with E-state index in [0.29, 0.717) is 0 Å². The molecule has 0 fully saturated rings. The third-order valence-electron chi connectivity index (χ3n) is 1.06. The predicted molar refractivity (Wildman–Crippen MR) is 48.7 cm³/mol. The van der Waals surface area contributed by atoms with Crippen molar-refractivity contribution < 1.29 is 9.53 Å². The molecule has 0 aromatic heterocycles. The highest BCUT2D eigenvalue weighted by Gasteiger charge is 2.14. The van der Waals surface area contributed by atoms with Gasteiger partial charge in [-0.25, -0.2) is 0 Å². The summed E-state index contributed by atoms with van der Waals surface area (Å²) >= 11 is 3.04. The topological polar surface area (TPSA) is 50.1 Å². The van der Waals surface area contributed by atoms with Gasteiger partial charge in [-0.05, 0) is 19.9 Å². The highest BCUT2D eigenvalue weighted by Crippen LogP contribution is 2.03. The van der Waals surface area contributed by atoms with Crippen LogP contribution in [0.15, 0.2) is 12.2 Å². The third-order valence-corrected chi connectivity index (χ3v) is 1.44. The SMILES string of the molecule is C/C=C/C(C#N)OC(=O)C(C)Br. The van der Waals surface area contributed by atoms with Crippen molar-refractivity contribution in [1.29, 1.82) is 5.26 Å². The number of alkyl halides is 1. The van der Waals surface area contributed by atoms with Gasteiger partial charge in [0.2, 0.25) is 6.10 Å². The first kappa shape index (κ1) is 11.2. The van der Waals surface area contributed by atoms with E-state index in [4.69, 9.17) is 10.00 Å². The molecule has 0 spiro atoms. The van der Waals surface area contributed by atoms with Crippen molar-refractivity contribution in [2.24, 2.45) is 0 Å². The Kier molecular flexibility index (Phi) is 5.39. The summed E-state index contributed by atoms with van der Waals surface area (Å²) in [7, 11) is 0. The molecule has 2 unspecified atom stereocenters. The molecule has 0 N–H and O–H groups in total. The van der Waals surface area contributed by atoms with E-state index in [2.05, 4.69) is 15.9 Å². The van der Waals surface area contributed by atoms with E-state index < -0.39 is 12.1 Å². The maximum Gasteiger partial charge on any atom is 0.321 e. The highest BCUT2D eigenvalue weighted by atomic mass is 79.9. The van der Waals surface area contributed by atoms with Crippen molar-refractivity contribution in [3.8, 4) is 6.07 Å². The quantitative estimate of drug-likeness (QED) is 0.423. The lowest BCUT2D eigenvalue weighted by Gasteiger charge is -2.07. The second-order valence-corrected chi connectivity index (χ2v) is 3.50. The van der Waals surface area contributed by atoms with Crippen LogP contribution in [-0.4, -0.2) is 16.9 Å². The van der Waals surface area contributed by atoms with Gasteiger partial charge >= 0.3 is 5.97 Å². The van der Waals surface area contributed by atoms with Crippen LogP contribution in [0.25, 0.3) is 0 Å². The molecule has 0 radical (unpaired) electrons. The first-order valence-corrected chi connectivity index (χ1v) is 4.40. The first-order valence-electron chi connectivity index (χ1n) is 3.48. The van der Waals surface area contributed by atoms with Gasteiger partial charge in [-0.15, -0.1) is 0 Å². The summed E-state index contributed by atoms with van der Waals surface area (Å²) < 4.78 is 4.77. The minimum atomic E-state index is -0.775. The number of carbonyl (C=O) groups excluding carboxylic acids is 1. The first-order chi connectivity index (χ1) is 5.61. The van der Waals surface area contributed by atoms with Gasteiger partial charge < -0.3 is 4.74 Å². The summed E-state index contributed by atoms with van der Waals surface area (Å²) in [6.07, 6.45) is 2.41. The fourth-order valence-electron chi connectivity index (χ4n) is 0.502. The number of nitriles is 1. The van der Waals surface area contributed by atoms with Gasteiger partial charge in [0.15, 0.2) is 0 Å². The van der Waals surface area contributed by atoms with Crippen LogP contribution in [0, 0.1) is 11.3 Å². The van der Waals surface area contributed by atoms with Gasteiger partial charge in [0.1, 0.15) is 10.9 Å². The number of nitrogens with zero attached hydrogens (tertiary/aromatic N) is 1. The van der Waals surface area contributed by atoms with Gasteiger partial charge in [0.25, 0.3) is 0 Å². The second kappa shape index (κ2) is 5.78. The number of hydrogen-bond donors (Lipinski definition) is 0. The number of carbonyl (C=O) groups is 1. The molecule has 0 saturated heterocycles. The van der Waals surface area contributed by atoms with Gasteiger partial charge in [-0.3, -0.25) is 4.79 Å². The smallest absolute Gasteiger partial charge is 0.321 e. The van der Waals surface area contributed by atoms with Crippen molar-refractivity contribution in [2.75, 3.05) is 0 Å².